The van der Waals surface area contributed by atoms with E-state index in [1.54, 1.807) is 7.11 Å². The van der Waals surface area contributed by atoms with E-state index < -0.39 is 29.8 Å². The van der Waals surface area contributed by atoms with Crippen molar-refractivity contribution in [1.82, 2.24) is 20.2 Å². The Morgan fingerprint density at radius 1 is 1.16 bits per heavy atom. The first-order chi connectivity index (χ1) is 17.9. The number of aromatic nitrogens is 2. The molecular weight excluding hydrogens is 475 g/mol. The van der Waals surface area contributed by atoms with Gasteiger partial charge in [-0.25, -0.2) is 9.37 Å². The van der Waals surface area contributed by atoms with Crippen molar-refractivity contribution in [3.63, 3.8) is 0 Å². The molecule has 8 nitrogen and oxygen atoms in total. The number of halogens is 1. The topological polar surface area (TPSA) is 108 Å². The molecule has 1 fully saturated rings. The third-order valence-electron chi connectivity index (χ3n) is 6.32. The van der Waals surface area contributed by atoms with E-state index in [-0.39, 0.29) is 12.2 Å². The largest absolute Gasteiger partial charge is 0.502 e. The fourth-order valence-electron chi connectivity index (χ4n) is 4.16. The lowest BCUT2D eigenvalue weighted by atomic mass is 9.94. The first-order valence-electron chi connectivity index (χ1n) is 12.0. The zero-order valence-electron chi connectivity index (χ0n) is 20.5. The van der Waals surface area contributed by atoms with Gasteiger partial charge < -0.3 is 20.1 Å². The van der Waals surface area contributed by atoms with Crippen LogP contribution in [0.5, 0.6) is 5.75 Å². The fourth-order valence-corrected chi connectivity index (χ4v) is 4.16. The summed E-state index contributed by atoms with van der Waals surface area (Å²) in [5.74, 6) is 4.53. The molecule has 0 saturated carbocycles. The molecule has 9 heteroatoms. The number of methoxy groups -OCH3 is 1. The normalized spacial score (nSPS) is 14.3. The van der Waals surface area contributed by atoms with Crippen LogP contribution < -0.4 is 10.9 Å². The van der Waals surface area contributed by atoms with Crippen molar-refractivity contribution in [3.8, 4) is 17.6 Å². The third kappa shape index (κ3) is 7.03. The van der Waals surface area contributed by atoms with Crippen LogP contribution in [0.15, 0.2) is 59.7 Å². The molecule has 1 saturated heterocycles. The van der Waals surface area contributed by atoms with Crippen LogP contribution in [0.25, 0.3) is 0 Å². The van der Waals surface area contributed by atoms with E-state index in [2.05, 4.69) is 44.2 Å². The number of carbonyl (C=O) groups is 1. The summed E-state index contributed by atoms with van der Waals surface area (Å²) >= 11 is 0. The number of amides is 1. The van der Waals surface area contributed by atoms with Crippen LogP contribution in [0.2, 0.25) is 0 Å². The highest BCUT2D eigenvalue weighted by atomic mass is 19.1. The minimum absolute atomic E-state index is 0.0229. The van der Waals surface area contributed by atoms with Crippen molar-refractivity contribution < 1.29 is 19.0 Å². The molecule has 2 heterocycles. The van der Waals surface area contributed by atoms with Gasteiger partial charge in [-0.15, -0.1) is 0 Å². The zero-order chi connectivity index (χ0) is 26.2. The number of benzene rings is 2. The Kier molecular flexibility index (Phi) is 8.67. The van der Waals surface area contributed by atoms with E-state index in [1.807, 2.05) is 36.4 Å². The number of H-pyrrole nitrogens is 1. The Morgan fingerprint density at radius 2 is 1.78 bits per heavy atom. The number of nitrogens with one attached hydrogen (secondary N) is 2. The monoisotopic (exact) mass is 504 g/mol. The lowest BCUT2D eigenvalue weighted by molar-refractivity contribution is -0.122. The van der Waals surface area contributed by atoms with Crippen LogP contribution >= 0.6 is 0 Å². The third-order valence-corrected chi connectivity index (χ3v) is 6.32. The second kappa shape index (κ2) is 12.3. The standard InChI is InChI=1S/C28H29FN4O4/c1-37-24-16-33(17-24)15-22-10-6-20(7-11-22)3-2-19-4-8-21(9-5-19)12-23(14-30-25(34)13-29)26-27(35)28(36)32-18-31-26/h4-11,18,23-24,35H,12-17H2,1H3,(H,30,34)(H,31,32,36). The van der Waals surface area contributed by atoms with E-state index in [9.17, 15) is 19.1 Å². The van der Waals surface area contributed by atoms with Gasteiger partial charge >= 0.3 is 0 Å². The van der Waals surface area contributed by atoms with Crippen LogP contribution in [0.3, 0.4) is 0 Å². The molecule has 2 aromatic carbocycles. The molecule has 1 aliphatic heterocycles. The lowest BCUT2D eigenvalue weighted by Gasteiger charge is -2.38. The molecule has 192 valence electrons. The Bertz CT molecular complexity index is 1320. The van der Waals surface area contributed by atoms with Gasteiger partial charge in [0.25, 0.3) is 11.5 Å². The Morgan fingerprint density at radius 3 is 2.38 bits per heavy atom. The van der Waals surface area contributed by atoms with Crippen molar-refractivity contribution >= 4 is 5.91 Å². The first-order valence-corrected chi connectivity index (χ1v) is 12.0. The van der Waals surface area contributed by atoms with Crippen molar-refractivity contribution in [2.75, 3.05) is 33.4 Å². The second-order valence-corrected chi connectivity index (χ2v) is 9.00. The number of hydrogen-bond acceptors (Lipinski definition) is 6. The van der Waals surface area contributed by atoms with Gasteiger partial charge in [-0.3, -0.25) is 14.5 Å². The fraction of sp³-hybridized carbons (Fsp3) is 0.321. The Labute approximate surface area is 214 Å². The quantitative estimate of drug-likeness (QED) is 0.386. The number of hydrogen-bond donors (Lipinski definition) is 3. The number of likely N-dealkylation sites (tertiary alicyclic amines) is 1. The van der Waals surface area contributed by atoms with Gasteiger partial charge in [0, 0.05) is 50.3 Å². The summed E-state index contributed by atoms with van der Waals surface area (Å²) < 4.78 is 17.9. The summed E-state index contributed by atoms with van der Waals surface area (Å²) in [6, 6.07) is 15.8. The highest BCUT2D eigenvalue weighted by molar-refractivity contribution is 5.77. The summed E-state index contributed by atoms with van der Waals surface area (Å²) in [6.45, 7) is 1.70. The Hall–Kier alpha value is -4.00. The summed E-state index contributed by atoms with van der Waals surface area (Å²) in [5, 5.41) is 12.6. The molecule has 37 heavy (non-hydrogen) atoms. The minimum Gasteiger partial charge on any atom is -0.502 e. The molecule has 0 bridgehead atoms. The van der Waals surface area contributed by atoms with Gasteiger partial charge in [0.05, 0.1) is 18.1 Å². The molecule has 0 radical (unpaired) electrons. The lowest BCUT2D eigenvalue weighted by Crippen LogP contribution is -2.50. The maximum Gasteiger partial charge on any atom is 0.293 e. The molecule has 0 aliphatic carbocycles. The van der Waals surface area contributed by atoms with Crippen LogP contribution in [-0.2, 0) is 22.5 Å². The second-order valence-electron chi connectivity index (χ2n) is 9.00. The molecular formula is C28H29FN4O4. The predicted octanol–water partition coefficient (Wildman–Crippen LogP) is 2.12. The molecule has 1 amide bonds. The molecule has 1 aliphatic rings. The molecule has 0 spiro atoms. The first kappa shape index (κ1) is 26.1. The highest BCUT2D eigenvalue weighted by Gasteiger charge is 2.25. The average Bonchev–Trinajstić information content (AvgIpc) is 2.90. The number of aromatic hydroxyl groups is 1. The summed E-state index contributed by atoms with van der Waals surface area (Å²) in [7, 11) is 1.74. The molecule has 1 atom stereocenters. The Balaban J connectivity index is 1.39. The number of alkyl halides is 1. The number of nitrogens with zero attached hydrogens (tertiary/aromatic N) is 2. The van der Waals surface area contributed by atoms with Gasteiger partial charge in [-0.1, -0.05) is 36.1 Å². The molecule has 1 unspecified atom stereocenters. The average molecular weight is 505 g/mol. The van der Waals surface area contributed by atoms with Crippen molar-refractivity contribution in [2.45, 2.75) is 25.0 Å². The number of carbonyl (C=O) groups excluding carboxylic acids is 1. The van der Waals surface area contributed by atoms with Crippen molar-refractivity contribution in [2.24, 2.45) is 0 Å². The van der Waals surface area contributed by atoms with Crippen molar-refractivity contribution in [1.29, 1.82) is 0 Å². The smallest absolute Gasteiger partial charge is 0.293 e. The van der Waals surface area contributed by atoms with Crippen LogP contribution in [0.4, 0.5) is 4.39 Å². The van der Waals surface area contributed by atoms with E-state index in [0.717, 1.165) is 36.3 Å². The predicted molar refractivity (Wildman–Crippen MR) is 137 cm³/mol. The van der Waals surface area contributed by atoms with Crippen molar-refractivity contribution in [3.05, 3.63) is 93.2 Å². The zero-order valence-corrected chi connectivity index (χ0v) is 20.5. The van der Waals surface area contributed by atoms with Gasteiger partial charge in [-0.05, 0) is 41.8 Å². The number of rotatable bonds is 9. The van der Waals surface area contributed by atoms with Gasteiger partial charge in [0.2, 0.25) is 5.75 Å². The summed E-state index contributed by atoms with van der Waals surface area (Å²) in [6.07, 6.45) is 1.90. The number of ether oxygens (including phenoxy) is 1. The number of aromatic amines is 1. The van der Waals surface area contributed by atoms with E-state index in [0.29, 0.717) is 12.5 Å². The van der Waals surface area contributed by atoms with Crippen LogP contribution in [0, 0.1) is 11.8 Å². The summed E-state index contributed by atoms with van der Waals surface area (Å²) in [4.78, 5) is 32.0. The maximum absolute atomic E-state index is 12.6. The van der Waals surface area contributed by atoms with E-state index in [1.165, 1.54) is 11.9 Å². The van der Waals surface area contributed by atoms with Gasteiger partial charge in [-0.2, -0.15) is 0 Å². The molecule has 3 N–H and O–H groups in total. The summed E-state index contributed by atoms with van der Waals surface area (Å²) in [5.41, 5.74) is 3.35. The maximum atomic E-state index is 12.6. The van der Waals surface area contributed by atoms with Gasteiger partial charge in [0.1, 0.15) is 0 Å². The van der Waals surface area contributed by atoms with E-state index in [4.69, 9.17) is 4.74 Å². The van der Waals surface area contributed by atoms with Crippen LogP contribution in [0.1, 0.15) is 33.9 Å². The minimum atomic E-state index is -1.15. The molecule has 1 aromatic heterocycles. The van der Waals surface area contributed by atoms with E-state index >= 15 is 0 Å². The molecule has 3 aromatic rings. The van der Waals surface area contributed by atoms with Crippen LogP contribution in [-0.4, -0.2) is 65.4 Å². The molecule has 4 rings (SSSR count). The highest BCUT2D eigenvalue weighted by Crippen LogP contribution is 2.24. The SMILES string of the molecule is COC1CN(Cc2ccc(C#Cc3ccc(CC(CNC(=O)CF)c4nc[nH]c(=O)c4O)cc3)cc2)C1. The van der Waals surface area contributed by atoms with Gasteiger partial charge in [0.15, 0.2) is 6.67 Å².